The van der Waals surface area contributed by atoms with Gasteiger partial charge in [-0.3, -0.25) is 4.79 Å². The Morgan fingerprint density at radius 1 is 0.727 bits per heavy atom. The Morgan fingerprint density at radius 2 is 1.39 bits per heavy atom. The van der Waals surface area contributed by atoms with E-state index in [0.717, 1.165) is 22.0 Å². The average molecular weight is 469 g/mol. The Morgan fingerprint density at radius 3 is 2.15 bits per heavy atom. The fraction of sp³-hybridized carbons (Fsp3) is 0. The topological polar surface area (TPSA) is 42.0 Å². The van der Waals surface area contributed by atoms with Gasteiger partial charge in [-0.2, -0.15) is 0 Å². The monoisotopic (exact) mass is 468 g/mol. The van der Waals surface area contributed by atoms with Crippen LogP contribution < -0.4 is 5.32 Å². The average Bonchev–Trinajstić information content (AvgIpc) is 2.84. The van der Waals surface area contributed by atoms with Gasteiger partial charge in [-0.15, -0.1) is 0 Å². The van der Waals surface area contributed by atoms with Crippen LogP contribution >= 0.6 is 23.2 Å². The molecule has 0 aliphatic rings. The molecule has 5 rings (SSSR count). The Balaban J connectivity index is 1.63. The predicted molar refractivity (Wildman–Crippen MR) is 137 cm³/mol. The number of rotatable bonds is 5. The van der Waals surface area contributed by atoms with Crippen LogP contribution in [-0.4, -0.2) is 10.8 Å². The zero-order chi connectivity index (χ0) is 22.8. The van der Waals surface area contributed by atoms with E-state index < -0.39 is 0 Å². The van der Waals surface area contributed by atoms with Gasteiger partial charge in [0, 0.05) is 26.6 Å². The zero-order valence-electron chi connectivity index (χ0n) is 17.4. The van der Waals surface area contributed by atoms with E-state index in [1.54, 1.807) is 30.3 Å². The summed E-state index contributed by atoms with van der Waals surface area (Å²) in [4.78, 5) is 18.0. The van der Waals surface area contributed by atoms with Crippen LogP contribution in [0.3, 0.4) is 0 Å². The zero-order valence-corrected chi connectivity index (χ0v) is 18.9. The highest BCUT2D eigenvalue weighted by Gasteiger charge is 2.16. The number of anilines is 2. The molecule has 1 N–H and O–H groups in total. The van der Waals surface area contributed by atoms with Crippen molar-refractivity contribution in [1.29, 1.82) is 0 Å². The predicted octanol–water partition coefficient (Wildman–Crippen LogP) is 8.18. The quantitative estimate of drug-likeness (QED) is 0.264. The Hall–Kier alpha value is -3.66. The maximum absolute atomic E-state index is 13.2. The van der Waals surface area contributed by atoms with Gasteiger partial charge in [-0.25, -0.2) is 4.98 Å². The molecule has 1 heterocycles. The number of hydrogen-bond acceptors (Lipinski definition) is 3. The summed E-state index contributed by atoms with van der Waals surface area (Å²) in [5.41, 5.74) is 4.54. The number of carbonyl (C=O) groups excluding carboxylic acids is 1. The molecule has 3 nitrogen and oxygen atoms in total. The van der Waals surface area contributed by atoms with E-state index in [4.69, 9.17) is 28.2 Å². The summed E-state index contributed by atoms with van der Waals surface area (Å²) in [6, 6.07) is 32.0. The van der Waals surface area contributed by atoms with Crippen LogP contribution in [0.2, 0.25) is 10.0 Å². The van der Waals surface area contributed by atoms with Crippen molar-refractivity contribution in [3.63, 3.8) is 0 Å². The fourth-order valence-corrected chi connectivity index (χ4v) is 4.16. The summed E-state index contributed by atoms with van der Waals surface area (Å²) in [5, 5.41) is 5.45. The number of aromatic nitrogens is 1. The number of fused-ring (bicyclic) bond motifs is 1. The standard InChI is InChI=1S/C28H18Cl2N2O/c29-20-12-14-25-24(15-20)23(18-7-3-1-4-8-18)17-27(31-25)32-26-16-21(30)11-13-22(26)28(33)19-9-5-2-6-10-19/h1-17H,(H,31,32). The normalized spacial score (nSPS) is 10.8. The second kappa shape index (κ2) is 9.07. The number of benzene rings is 4. The molecule has 160 valence electrons. The van der Waals surface area contributed by atoms with E-state index in [2.05, 4.69) is 5.32 Å². The van der Waals surface area contributed by atoms with Gasteiger partial charge in [0.15, 0.2) is 5.78 Å². The summed E-state index contributed by atoms with van der Waals surface area (Å²) in [6.07, 6.45) is 0. The number of ketones is 1. The minimum absolute atomic E-state index is 0.0920. The van der Waals surface area contributed by atoms with Crippen LogP contribution in [0, 0.1) is 0 Å². The Labute approximate surface area is 201 Å². The molecule has 0 saturated carbocycles. The van der Waals surface area contributed by atoms with Gasteiger partial charge >= 0.3 is 0 Å². The van der Waals surface area contributed by atoms with Gasteiger partial charge in [0.2, 0.25) is 0 Å². The summed E-state index contributed by atoms with van der Waals surface area (Å²) in [6.45, 7) is 0. The minimum Gasteiger partial charge on any atom is -0.340 e. The Kier molecular flexibility index (Phi) is 5.82. The number of nitrogens with zero attached hydrogens (tertiary/aromatic N) is 1. The molecule has 0 saturated heterocycles. The molecule has 4 aromatic carbocycles. The second-order valence-electron chi connectivity index (χ2n) is 7.59. The van der Waals surface area contributed by atoms with E-state index in [9.17, 15) is 4.79 Å². The molecule has 0 amide bonds. The molecule has 0 aliphatic carbocycles. The van der Waals surface area contributed by atoms with Crippen LogP contribution in [0.1, 0.15) is 15.9 Å². The third-order valence-electron chi connectivity index (χ3n) is 5.38. The van der Waals surface area contributed by atoms with Crippen molar-refractivity contribution in [2.45, 2.75) is 0 Å². The van der Waals surface area contributed by atoms with Crippen molar-refractivity contribution >= 4 is 51.4 Å². The lowest BCUT2D eigenvalue weighted by Gasteiger charge is -2.15. The van der Waals surface area contributed by atoms with Crippen LogP contribution in [0.5, 0.6) is 0 Å². The summed E-state index contributed by atoms with van der Waals surface area (Å²) in [5.74, 6) is 0.513. The Bertz CT molecular complexity index is 1470. The summed E-state index contributed by atoms with van der Waals surface area (Å²) in [7, 11) is 0. The molecule has 0 spiro atoms. The van der Waals surface area contributed by atoms with Crippen LogP contribution in [-0.2, 0) is 0 Å². The van der Waals surface area contributed by atoms with Gasteiger partial charge in [-0.05, 0) is 53.6 Å². The van der Waals surface area contributed by atoms with E-state index in [1.165, 1.54) is 0 Å². The van der Waals surface area contributed by atoms with Crippen molar-refractivity contribution in [1.82, 2.24) is 4.98 Å². The molecule has 0 unspecified atom stereocenters. The molecule has 5 heteroatoms. The lowest BCUT2D eigenvalue weighted by atomic mass is 10.00. The molecule has 0 fully saturated rings. The third kappa shape index (κ3) is 4.47. The smallest absolute Gasteiger partial charge is 0.195 e. The lowest BCUT2D eigenvalue weighted by molar-refractivity contribution is 0.103. The first-order valence-corrected chi connectivity index (χ1v) is 11.2. The van der Waals surface area contributed by atoms with Crippen LogP contribution in [0.25, 0.3) is 22.0 Å². The highest BCUT2D eigenvalue weighted by Crippen LogP contribution is 2.34. The van der Waals surface area contributed by atoms with Gasteiger partial charge in [0.25, 0.3) is 0 Å². The number of hydrogen-bond donors (Lipinski definition) is 1. The maximum atomic E-state index is 13.2. The molecule has 5 aromatic rings. The highest BCUT2D eigenvalue weighted by molar-refractivity contribution is 6.31. The van der Waals surface area contributed by atoms with Crippen molar-refractivity contribution in [2.24, 2.45) is 0 Å². The second-order valence-corrected chi connectivity index (χ2v) is 8.47. The molecule has 0 aliphatic heterocycles. The van der Waals surface area contributed by atoms with Gasteiger partial charge in [0.05, 0.1) is 11.2 Å². The first-order valence-electron chi connectivity index (χ1n) is 10.4. The molecular formula is C28H18Cl2N2O. The SMILES string of the molecule is O=C(c1ccccc1)c1ccc(Cl)cc1Nc1cc(-c2ccccc2)c2cc(Cl)ccc2n1. The summed E-state index contributed by atoms with van der Waals surface area (Å²) >= 11 is 12.6. The summed E-state index contributed by atoms with van der Waals surface area (Å²) < 4.78 is 0. The van der Waals surface area contributed by atoms with Crippen LogP contribution in [0.15, 0.2) is 103 Å². The van der Waals surface area contributed by atoms with Gasteiger partial charge in [0.1, 0.15) is 5.82 Å². The van der Waals surface area contributed by atoms with Crippen molar-refractivity contribution in [3.8, 4) is 11.1 Å². The third-order valence-corrected chi connectivity index (χ3v) is 5.85. The maximum Gasteiger partial charge on any atom is 0.195 e. The van der Waals surface area contributed by atoms with Crippen molar-refractivity contribution in [2.75, 3.05) is 5.32 Å². The van der Waals surface area contributed by atoms with Crippen LogP contribution in [0.4, 0.5) is 11.5 Å². The van der Waals surface area contributed by atoms with Crippen molar-refractivity contribution < 1.29 is 4.79 Å². The van der Waals surface area contributed by atoms with Gasteiger partial charge < -0.3 is 5.32 Å². The van der Waals surface area contributed by atoms with Gasteiger partial charge in [-0.1, -0.05) is 83.9 Å². The minimum atomic E-state index is -0.0920. The molecular weight excluding hydrogens is 451 g/mol. The number of pyridine rings is 1. The van der Waals surface area contributed by atoms with E-state index in [0.29, 0.717) is 32.7 Å². The number of carbonyl (C=O) groups is 1. The lowest BCUT2D eigenvalue weighted by Crippen LogP contribution is -2.06. The molecule has 1 aromatic heterocycles. The molecule has 0 atom stereocenters. The fourth-order valence-electron chi connectivity index (χ4n) is 3.82. The number of halogens is 2. The van der Waals surface area contributed by atoms with E-state index in [1.807, 2.05) is 72.8 Å². The molecule has 0 radical (unpaired) electrons. The van der Waals surface area contributed by atoms with E-state index in [-0.39, 0.29) is 5.78 Å². The van der Waals surface area contributed by atoms with E-state index >= 15 is 0 Å². The van der Waals surface area contributed by atoms with Crippen molar-refractivity contribution in [3.05, 3.63) is 124 Å². The molecule has 0 bridgehead atoms. The highest BCUT2D eigenvalue weighted by atomic mass is 35.5. The largest absolute Gasteiger partial charge is 0.340 e. The first kappa shape index (κ1) is 21.2. The first-order chi connectivity index (χ1) is 16.1. The number of nitrogens with one attached hydrogen (secondary N) is 1. The molecule has 33 heavy (non-hydrogen) atoms.